The lowest BCUT2D eigenvalue weighted by Gasteiger charge is -2.14. The van der Waals surface area contributed by atoms with E-state index in [1.54, 1.807) is 18.4 Å². The Morgan fingerprint density at radius 3 is 2.60 bits per heavy atom. The van der Waals surface area contributed by atoms with Crippen LogP contribution in [0.2, 0.25) is 0 Å². The van der Waals surface area contributed by atoms with Crippen LogP contribution in [0.5, 0.6) is 0 Å². The van der Waals surface area contributed by atoms with Crippen LogP contribution in [0.4, 0.5) is 0 Å². The molecule has 136 valence electrons. The van der Waals surface area contributed by atoms with Crippen molar-refractivity contribution < 1.29 is 4.74 Å². The molecule has 2 N–H and O–H groups in total. The van der Waals surface area contributed by atoms with Crippen LogP contribution in [0.3, 0.4) is 0 Å². The van der Waals surface area contributed by atoms with E-state index in [2.05, 4.69) is 58.9 Å². The number of nitrogens with one attached hydrogen (secondary N) is 2. The molecule has 0 fully saturated rings. The zero-order valence-electron chi connectivity index (χ0n) is 15.5. The third-order valence-electron chi connectivity index (χ3n) is 3.60. The van der Waals surface area contributed by atoms with Crippen LogP contribution in [0.1, 0.15) is 37.0 Å². The molecule has 1 heterocycles. The van der Waals surface area contributed by atoms with E-state index in [4.69, 9.17) is 4.74 Å². The smallest absolute Gasteiger partial charge is 0.191 e. The zero-order valence-corrected chi connectivity index (χ0v) is 16.3. The summed E-state index contributed by atoms with van der Waals surface area (Å²) in [6, 6.07) is 10.2. The second kappa shape index (κ2) is 9.53. The van der Waals surface area contributed by atoms with Crippen LogP contribution in [0.25, 0.3) is 0 Å². The van der Waals surface area contributed by atoms with Crippen molar-refractivity contribution in [2.75, 3.05) is 20.2 Å². The summed E-state index contributed by atoms with van der Waals surface area (Å²) >= 11 is 1.68. The van der Waals surface area contributed by atoms with Crippen molar-refractivity contribution in [3.63, 3.8) is 0 Å². The van der Waals surface area contributed by atoms with Crippen molar-refractivity contribution in [1.82, 2.24) is 15.6 Å². The Bertz CT molecular complexity index is 662. The van der Waals surface area contributed by atoms with Gasteiger partial charge in [-0.1, -0.05) is 51.1 Å². The molecule has 0 spiro atoms. The Balaban J connectivity index is 1.66. The van der Waals surface area contributed by atoms with Gasteiger partial charge in [-0.3, -0.25) is 4.99 Å². The molecule has 0 amide bonds. The van der Waals surface area contributed by atoms with Gasteiger partial charge in [-0.15, -0.1) is 11.3 Å². The lowest BCUT2D eigenvalue weighted by Crippen LogP contribution is -2.38. The lowest BCUT2D eigenvalue weighted by atomic mass is 9.93. The van der Waals surface area contributed by atoms with Gasteiger partial charge in [0.2, 0.25) is 0 Å². The summed E-state index contributed by atoms with van der Waals surface area (Å²) in [5.74, 6) is 0.760. The van der Waals surface area contributed by atoms with Crippen molar-refractivity contribution in [3.8, 4) is 0 Å². The van der Waals surface area contributed by atoms with Crippen LogP contribution in [-0.4, -0.2) is 31.1 Å². The number of ether oxygens (including phenoxy) is 1. The molecular formula is C19H28N4OS. The molecule has 0 aliphatic heterocycles. The van der Waals surface area contributed by atoms with Crippen molar-refractivity contribution in [1.29, 1.82) is 0 Å². The molecule has 2 rings (SSSR count). The highest BCUT2D eigenvalue weighted by atomic mass is 32.1. The minimum atomic E-state index is 0.0881. The maximum atomic E-state index is 5.66. The average molecular weight is 361 g/mol. The SMILES string of the molecule is CN=C(NCCOCc1ccccc1)NCc1nc(C(C)(C)C)cs1. The number of guanidine groups is 1. The summed E-state index contributed by atoms with van der Waals surface area (Å²) in [4.78, 5) is 8.91. The topological polar surface area (TPSA) is 58.5 Å². The number of thiazole rings is 1. The van der Waals surface area contributed by atoms with Gasteiger partial charge in [-0.05, 0) is 5.56 Å². The molecule has 0 saturated heterocycles. The largest absolute Gasteiger partial charge is 0.375 e. The van der Waals surface area contributed by atoms with Crippen molar-refractivity contribution in [3.05, 3.63) is 52.0 Å². The van der Waals surface area contributed by atoms with Gasteiger partial charge < -0.3 is 15.4 Å². The van der Waals surface area contributed by atoms with Gasteiger partial charge in [0.05, 0.1) is 25.5 Å². The van der Waals surface area contributed by atoms with Crippen molar-refractivity contribution in [2.24, 2.45) is 4.99 Å². The first-order valence-corrected chi connectivity index (χ1v) is 9.38. The number of hydrogen-bond donors (Lipinski definition) is 2. The summed E-state index contributed by atoms with van der Waals surface area (Å²) in [6.07, 6.45) is 0. The molecule has 0 radical (unpaired) electrons. The van der Waals surface area contributed by atoms with Crippen molar-refractivity contribution in [2.45, 2.75) is 39.3 Å². The quantitative estimate of drug-likeness (QED) is 0.452. The van der Waals surface area contributed by atoms with E-state index in [-0.39, 0.29) is 5.41 Å². The van der Waals surface area contributed by atoms with Crippen LogP contribution in [-0.2, 0) is 23.3 Å². The minimum Gasteiger partial charge on any atom is -0.375 e. The summed E-state index contributed by atoms with van der Waals surface area (Å²) in [5.41, 5.74) is 2.40. The molecule has 0 aliphatic rings. The first-order valence-electron chi connectivity index (χ1n) is 8.50. The van der Waals surface area contributed by atoms with Gasteiger partial charge in [-0.2, -0.15) is 0 Å². The third kappa shape index (κ3) is 6.84. The monoisotopic (exact) mass is 360 g/mol. The molecule has 1 aromatic carbocycles. The first kappa shape index (κ1) is 19.4. The van der Waals surface area contributed by atoms with E-state index in [1.165, 1.54) is 5.56 Å². The summed E-state index contributed by atoms with van der Waals surface area (Å²) in [7, 11) is 1.77. The highest BCUT2D eigenvalue weighted by Gasteiger charge is 2.17. The summed E-state index contributed by atoms with van der Waals surface area (Å²) in [6.45, 7) is 9.16. The van der Waals surface area contributed by atoms with Gasteiger partial charge in [-0.25, -0.2) is 4.98 Å². The maximum Gasteiger partial charge on any atom is 0.191 e. The van der Waals surface area contributed by atoms with E-state index in [0.717, 1.165) is 16.7 Å². The predicted molar refractivity (Wildman–Crippen MR) is 105 cm³/mol. The van der Waals surface area contributed by atoms with E-state index in [0.29, 0.717) is 26.3 Å². The fourth-order valence-electron chi connectivity index (χ4n) is 2.12. The Kier molecular flexibility index (Phi) is 7.40. The van der Waals surface area contributed by atoms with Gasteiger partial charge in [0.25, 0.3) is 0 Å². The molecule has 2 aromatic rings. The first-order chi connectivity index (χ1) is 12.0. The number of hydrogen-bond acceptors (Lipinski definition) is 4. The second-order valence-electron chi connectivity index (χ2n) is 6.77. The van der Waals surface area contributed by atoms with Crippen LogP contribution in [0.15, 0.2) is 40.7 Å². The highest BCUT2D eigenvalue weighted by Crippen LogP contribution is 2.23. The summed E-state index contributed by atoms with van der Waals surface area (Å²) in [5, 5.41) is 9.74. The molecule has 0 bridgehead atoms. The normalized spacial score (nSPS) is 12.2. The fourth-order valence-corrected chi connectivity index (χ4v) is 3.08. The van der Waals surface area contributed by atoms with E-state index >= 15 is 0 Å². The molecule has 0 atom stereocenters. The molecule has 0 aliphatic carbocycles. The van der Waals surface area contributed by atoms with Gasteiger partial charge in [0.1, 0.15) is 5.01 Å². The number of aliphatic imine (C=N–C) groups is 1. The lowest BCUT2D eigenvalue weighted by molar-refractivity contribution is 0.125. The number of rotatable bonds is 7. The molecule has 0 unspecified atom stereocenters. The molecule has 25 heavy (non-hydrogen) atoms. The predicted octanol–water partition coefficient (Wildman–Crippen LogP) is 3.32. The van der Waals surface area contributed by atoms with Crippen molar-refractivity contribution >= 4 is 17.3 Å². The maximum absolute atomic E-state index is 5.66. The van der Waals surface area contributed by atoms with E-state index in [1.807, 2.05) is 18.2 Å². The van der Waals surface area contributed by atoms with Crippen LogP contribution in [0, 0.1) is 0 Å². The Morgan fingerprint density at radius 2 is 1.96 bits per heavy atom. The van der Waals surface area contributed by atoms with Crippen LogP contribution >= 0.6 is 11.3 Å². The molecular weight excluding hydrogens is 332 g/mol. The van der Waals surface area contributed by atoms with Crippen LogP contribution < -0.4 is 10.6 Å². The van der Waals surface area contributed by atoms with Gasteiger partial charge >= 0.3 is 0 Å². The number of nitrogens with zero attached hydrogens (tertiary/aromatic N) is 2. The standard InChI is InChI=1S/C19H28N4OS/c1-19(2,3)16-14-25-17(23-16)12-22-18(20-4)21-10-11-24-13-15-8-6-5-7-9-15/h5-9,14H,10-13H2,1-4H3,(H2,20,21,22). The summed E-state index contributed by atoms with van der Waals surface area (Å²) < 4.78 is 5.66. The Labute approximate surface area is 154 Å². The zero-order chi connectivity index (χ0) is 18.1. The second-order valence-corrected chi connectivity index (χ2v) is 7.71. The number of benzene rings is 1. The Hall–Kier alpha value is -1.92. The van der Waals surface area contributed by atoms with Gasteiger partial charge in [0, 0.05) is 24.4 Å². The molecule has 5 nitrogen and oxygen atoms in total. The minimum absolute atomic E-state index is 0.0881. The third-order valence-corrected chi connectivity index (χ3v) is 4.45. The molecule has 0 saturated carbocycles. The van der Waals surface area contributed by atoms with Gasteiger partial charge in [0.15, 0.2) is 5.96 Å². The fraction of sp³-hybridized carbons (Fsp3) is 0.474. The average Bonchev–Trinajstić information content (AvgIpc) is 3.07. The molecule has 1 aromatic heterocycles. The number of aromatic nitrogens is 1. The highest BCUT2D eigenvalue weighted by molar-refractivity contribution is 7.09. The van der Waals surface area contributed by atoms with E-state index in [9.17, 15) is 0 Å². The molecule has 6 heteroatoms. The van der Waals surface area contributed by atoms with E-state index < -0.39 is 0 Å². The Morgan fingerprint density at radius 1 is 1.20 bits per heavy atom.